The molecule has 0 saturated carbocycles. The van der Waals surface area contributed by atoms with E-state index in [1.54, 1.807) is 12.3 Å². The molecular weight excluding hydrogens is 376 g/mol. The number of amides is 1. The van der Waals surface area contributed by atoms with Crippen LogP contribution in [0.15, 0.2) is 71.7 Å². The highest BCUT2D eigenvalue weighted by molar-refractivity contribution is 5.91. The Bertz CT molecular complexity index is 1030. The molecule has 3 rings (SSSR count). The number of benzene rings is 3. The van der Waals surface area contributed by atoms with Gasteiger partial charge in [0.25, 0.3) is 5.91 Å². The predicted octanol–water partition coefficient (Wildman–Crippen LogP) is 5.47. The summed E-state index contributed by atoms with van der Waals surface area (Å²) in [5, 5.41) is 2.80. The summed E-state index contributed by atoms with van der Waals surface area (Å²) < 4.78 is 11.4. The lowest BCUT2D eigenvalue weighted by Crippen LogP contribution is -2.20. The van der Waals surface area contributed by atoms with Gasteiger partial charge < -0.3 is 14.8 Å². The number of hydrogen-bond acceptors (Lipinski definition) is 4. The van der Waals surface area contributed by atoms with Gasteiger partial charge in [-0.05, 0) is 79.9 Å². The number of ether oxygens (including phenoxy) is 2. The zero-order chi connectivity index (χ0) is 21.3. The average Bonchev–Trinajstić information content (AvgIpc) is 2.75. The van der Waals surface area contributed by atoms with Crippen molar-refractivity contribution in [2.45, 2.75) is 20.8 Å². The van der Waals surface area contributed by atoms with Gasteiger partial charge in [0.15, 0.2) is 18.1 Å². The Morgan fingerprint density at radius 1 is 0.933 bits per heavy atom. The van der Waals surface area contributed by atoms with Crippen molar-refractivity contribution < 1.29 is 14.3 Å². The van der Waals surface area contributed by atoms with Crippen LogP contribution in [0.5, 0.6) is 11.5 Å². The molecule has 0 aliphatic rings. The second-order valence-corrected chi connectivity index (χ2v) is 6.87. The third-order valence-corrected chi connectivity index (χ3v) is 4.54. The van der Waals surface area contributed by atoms with Crippen LogP contribution in [-0.4, -0.2) is 25.3 Å². The third kappa shape index (κ3) is 5.95. The van der Waals surface area contributed by atoms with E-state index in [1.165, 1.54) is 11.1 Å². The van der Waals surface area contributed by atoms with Gasteiger partial charge in [-0.25, -0.2) is 0 Å². The van der Waals surface area contributed by atoms with Crippen molar-refractivity contribution in [2.75, 3.05) is 18.5 Å². The topological polar surface area (TPSA) is 59.9 Å². The lowest BCUT2D eigenvalue weighted by atomic mass is 10.1. The first-order chi connectivity index (χ1) is 14.5. The minimum Gasteiger partial charge on any atom is -0.490 e. The molecule has 0 aromatic heterocycles. The SMILES string of the molecule is CCOc1cc(C=Nc2ccc(C)c(C)c2)ccc1OCC(=O)Nc1ccccc1. The number of para-hydroxylation sites is 1. The van der Waals surface area contributed by atoms with Gasteiger partial charge in [-0.2, -0.15) is 0 Å². The van der Waals surface area contributed by atoms with Crippen LogP contribution in [0.2, 0.25) is 0 Å². The molecule has 3 aromatic rings. The number of hydrogen-bond donors (Lipinski definition) is 1. The molecule has 5 nitrogen and oxygen atoms in total. The van der Waals surface area contributed by atoms with Gasteiger partial charge in [-0.15, -0.1) is 0 Å². The smallest absolute Gasteiger partial charge is 0.262 e. The zero-order valence-corrected chi connectivity index (χ0v) is 17.5. The Labute approximate surface area is 177 Å². The van der Waals surface area contributed by atoms with Gasteiger partial charge in [-0.3, -0.25) is 9.79 Å². The van der Waals surface area contributed by atoms with Crippen LogP contribution < -0.4 is 14.8 Å². The summed E-state index contributed by atoms with van der Waals surface area (Å²) in [5.41, 5.74) is 4.96. The molecule has 0 unspecified atom stereocenters. The average molecular weight is 402 g/mol. The molecule has 1 amide bonds. The van der Waals surface area contributed by atoms with Gasteiger partial charge in [0.05, 0.1) is 12.3 Å². The molecule has 3 aromatic carbocycles. The molecule has 0 fully saturated rings. The second kappa shape index (κ2) is 10.3. The van der Waals surface area contributed by atoms with E-state index in [2.05, 4.69) is 36.3 Å². The van der Waals surface area contributed by atoms with Gasteiger partial charge in [0.1, 0.15) is 0 Å². The van der Waals surface area contributed by atoms with Gasteiger partial charge in [0.2, 0.25) is 0 Å². The predicted molar refractivity (Wildman–Crippen MR) is 121 cm³/mol. The Morgan fingerprint density at radius 2 is 1.73 bits per heavy atom. The molecule has 5 heteroatoms. The number of aryl methyl sites for hydroxylation is 2. The van der Waals surface area contributed by atoms with Crippen LogP contribution in [0.25, 0.3) is 0 Å². The van der Waals surface area contributed by atoms with Crippen LogP contribution in [0, 0.1) is 13.8 Å². The number of anilines is 1. The molecule has 0 bridgehead atoms. The Hall–Kier alpha value is -3.60. The highest BCUT2D eigenvalue weighted by Gasteiger charge is 2.09. The molecule has 30 heavy (non-hydrogen) atoms. The number of carbonyl (C=O) groups excluding carboxylic acids is 1. The maximum Gasteiger partial charge on any atom is 0.262 e. The van der Waals surface area contributed by atoms with E-state index in [0.717, 1.165) is 16.9 Å². The minimum atomic E-state index is -0.232. The largest absolute Gasteiger partial charge is 0.490 e. The number of carbonyl (C=O) groups is 1. The fourth-order valence-electron chi connectivity index (χ4n) is 2.81. The summed E-state index contributed by atoms with van der Waals surface area (Å²) in [6.07, 6.45) is 1.79. The molecule has 0 spiro atoms. The van der Waals surface area contributed by atoms with Crippen molar-refractivity contribution in [1.82, 2.24) is 0 Å². The Balaban J connectivity index is 1.67. The molecule has 154 valence electrons. The van der Waals surface area contributed by atoms with E-state index >= 15 is 0 Å². The number of nitrogens with zero attached hydrogens (tertiary/aromatic N) is 1. The normalized spacial score (nSPS) is 10.8. The maximum atomic E-state index is 12.1. The highest BCUT2D eigenvalue weighted by Crippen LogP contribution is 2.28. The van der Waals surface area contributed by atoms with Crippen LogP contribution in [0.4, 0.5) is 11.4 Å². The van der Waals surface area contributed by atoms with Crippen LogP contribution >= 0.6 is 0 Å². The summed E-state index contributed by atoms with van der Waals surface area (Å²) in [6, 6.07) is 20.9. The first-order valence-corrected chi connectivity index (χ1v) is 9.91. The summed E-state index contributed by atoms with van der Waals surface area (Å²) in [4.78, 5) is 16.7. The molecule has 0 heterocycles. The van der Waals surface area contributed by atoms with Crippen molar-refractivity contribution in [3.8, 4) is 11.5 Å². The molecule has 0 aliphatic carbocycles. The van der Waals surface area contributed by atoms with Crippen molar-refractivity contribution >= 4 is 23.5 Å². The van der Waals surface area contributed by atoms with Crippen LogP contribution in [-0.2, 0) is 4.79 Å². The van der Waals surface area contributed by atoms with Crippen LogP contribution in [0.1, 0.15) is 23.6 Å². The molecule has 0 atom stereocenters. The van der Waals surface area contributed by atoms with E-state index in [-0.39, 0.29) is 12.5 Å². The lowest BCUT2D eigenvalue weighted by molar-refractivity contribution is -0.118. The minimum absolute atomic E-state index is 0.106. The van der Waals surface area contributed by atoms with E-state index in [4.69, 9.17) is 9.47 Å². The first kappa shape index (κ1) is 21.1. The third-order valence-electron chi connectivity index (χ3n) is 4.54. The van der Waals surface area contributed by atoms with E-state index in [1.807, 2.05) is 55.5 Å². The first-order valence-electron chi connectivity index (χ1n) is 9.91. The van der Waals surface area contributed by atoms with Gasteiger partial charge in [0, 0.05) is 11.9 Å². The molecular formula is C25H26N2O3. The number of rotatable bonds is 8. The molecule has 0 saturated heterocycles. The van der Waals surface area contributed by atoms with Crippen LogP contribution in [0.3, 0.4) is 0 Å². The number of nitrogens with one attached hydrogen (secondary N) is 1. The molecule has 0 radical (unpaired) electrons. The summed E-state index contributed by atoms with van der Waals surface area (Å²) >= 11 is 0. The quantitative estimate of drug-likeness (QED) is 0.508. The van der Waals surface area contributed by atoms with Gasteiger partial charge >= 0.3 is 0 Å². The summed E-state index contributed by atoms with van der Waals surface area (Å²) in [6.45, 7) is 6.44. The van der Waals surface area contributed by atoms with E-state index in [9.17, 15) is 4.79 Å². The van der Waals surface area contributed by atoms with E-state index < -0.39 is 0 Å². The summed E-state index contributed by atoms with van der Waals surface area (Å²) in [7, 11) is 0. The second-order valence-electron chi connectivity index (χ2n) is 6.87. The molecule has 1 N–H and O–H groups in total. The van der Waals surface area contributed by atoms with Gasteiger partial charge in [-0.1, -0.05) is 24.3 Å². The lowest BCUT2D eigenvalue weighted by Gasteiger charge is -2.12. The molecule has 0 aliphatic heterocycles. The fourth-order valence-corrected chi connectivity index (χ4v) is 2.81. The Kier molecular flexibility index (Phi) is 7.22. The highest BCUT2D eigenvalue weighted by atomic mass is 16.5. The van der Waals surface area contributed by atoms with Crippen molar-refractivity contribution in [1.29, 1.82) is 0 Å². The standard InChI is InChI=1S/C25H26N2O3/c1-4-29-24-15-20(16-26-22-12-10-18(2)19(3)14-22)11-13-23(24)30-17-25(28)27-21-8-6-5-7-9-21/h5-16H,4,17H2,1-3H3,(H,27,28). The maximum absolute atomic E-state index is 12.1. The zero-order valence-electron chi connectivity index (χ0n) is 17.5. The van der Waals surface area contributed by atoms with E-state index in [0.29, 0.717) is 18.1 Å². The number of aliphatic imine (C=N–C) groups is 1. The van der Waals surface area contributed by atoms with Crippen molar-refractivity contribution in [2.24, 2.45) is 4.99 Å². The fraction of sp³-hybridized carbons (Fsp3) is 0.200. The monoisotopic (exact) mass is 402 g/mol. The Morgan fingerprint density at radius 3 is 2.47 bits per heavy atom. The van der Waals surface area contributed by atoms with Crippen molar-refractivity contribution in [3.05, 3.63) is 83.4 Å². The van der Waals surface area contributed by atoms with Crippen molar-refractivity contribution in [3.63, 3.8) is 0 Å². The summed E-state index contributed by atoms with van der Waals surface area (Å²) in [5.74, 6) is 0.862.